The van der Waals surface area contributed by atoms with Gasteiger partial charge in [-0.1, -0.05) is 6.08 Å². The summed E-state index contributed by atoms with van der Waals surface area (Å²) >= 11 is 0. The van der Waals surface area contributed by atoms with Crippen LogP contribution in [0.25, 0.3) is 33.6 Å². The number of aromatic nitrogens is 4. The van der Waals surface area contributed by atoms with Gasteiger partial charge in [0.2, 0.25) is 0 Å². The van der Waals surface area contributed by atoms with Crippen molar-refractivity contribution in [2.45, 2.75) is 51.2 Å². The number of nitrogens with two attached hydrogens (primary N) is 1. The van der Waals surface area contributed by atoms with Gasteiger partial charge in [-0.3, -0.25) is 0 Å². The van der Waals surface area contributed by atoms with Gasteiger partial charge in [-0.25, -0.2) is 14.8 Å². The number of imidazole rings is 1. The summed E-state index contributed by atoms with van der Waals surface area (Å²) < 4.78 is 15.2. The van der Waals surface area contributed by atoms with Crippen molar-refractivity contribution in [3.05, 3.63) is 54.2 Å². The van der Waals surface area contributed by atoms with E-state index >= 15 is 0 Å². The third kappa shape index (κ3) is 4.08. The van der Waals surface area contributed by atoms with Crippen LogP contribution in [0.5, 0.6) is 5.75 Å². The first-order chi connectivity index (χ1) is 17.0. The molecule has 8 nitrogen and oxygen atoms in total. The lowest BCUT2D eigenvalue weighted by molar-refractivity contribution is 0.0600. The Hall–Kier alpha value is -3.65. The first kappa shape index (κ1) is 23.1. The molecule has 1 atom stereocenters. The molecule has 0 unspecified atom stereocenters. The Kier molecular flexibility index (Phi) is 6.06. The maximum atomic E-state index is 12.3. The van der Waals surface area contributed by atoms with Crippen molar-refractivity contribution in [3.63, 3.8) is 0 Å². The molecule has 182 valence electrons. The Labute approximate surface area is 204 Å². The number of hydrogen-bond acceptors (Lipinski definition) is 6. The molecule has 1 aromatic carbocycles. The number of methoxy groups -OCH3 is 2. The highest BCUT2D eigenvalue weighted by atomic mass is 16.5. The summed E-state index contributed by atoms with van der Waals surface area (Å²) in [6.45, 7) is 6.59. The zero-order chi connectivity index (χ0) is 24.7. The summed E-state index contributed by atoms with van der Waals surface area (Å²) in [4.78, 5) is 22.3. The summed E-state index contributed by atoms with van der Waals surface area (Å²) in [5.41, 5.74) is 10.9. The zero-order valence-electron chi connectivity index (χ0n) is 20.5. The summed E-state index contributed by atoms with van der Waals surface area (Å²) in [6.07, 6.45) is 5.92. The summed E-state index contributed by atoms with van der Waals surface area (Å²) in [5.74, 6) is 1.04. The fraction of sp³-hybridized carbons (Fsp3) is 0.370. The van der Waals surface area contributed by atoms with E-state index in [4.69, 9.17) is 25.2 Å². The Balaban J connectivity index is 1.77. The second kappa shape index (κ2) is 9.19. The topological polar surface area (TPSA) is 97.2 Å². The van der Waals surface area contributed by atoms with Crippen molar-refractivity contribution in [1.82, 2.24) is 19.1 Å². The van der Waals surface area contributed by atoms with Crippen LogP contribution in [0.4, 0.5) is 0 Å². The van der Waals surface area contributed by atoms with Gasteiger partial charge in [0.15, 0.2) is 5.82 Å². The Bertz CT molecular complexity index is 1430. The monoisotopic (exact) mass is 473 g/mol. The zero-order valence-corrected chi connectivity index (χ0v) is 20.5. The predicted molar refractivity (Wildman–Crippen MR) is 137 cm³/mol. The van der Waals surface area contributed by atoms with Crippen molar-refractivity contribution in [2.75, 3.05) is 14.2 Å². The lowest BCUT2D eigenvalue weighted by Gasteiger charge is -2.14. The first-order valence-electron chi connectivity index (χ1n) is 12.0. The molecule has 35 heavy (non-hydrogen) atoms. The lowest BCUT2D eigenvalue weighted by atomic mass is 10.2. The summed E-state index contributed by atoms with van der Waals surface area (Å²) in [6, 6.07) is 9.90. The second-order valence-corrected chi connectivity index (χ2v) is 9.12. The molecular formula is C27H31N5O3. The third-order valence-electron chi connectivity index (χ3n) is 6.55. The number of aryl methyl sites for hydroxylation is 1. The van der Waals surface area contributed by atoms with Gasteiger partial charge in [0.25, 0.3) is 0 Å². The van der Waals surface area contributed by atoms with Gasteiger partial charge in [0.05, 0.1) is 36.7 Å². The van der Waals surface area contributed by atoms with Crippen molar-refractivity contribution >= 4 is 28.0 Å². The van der Waals surface area contributed by atoms with Gasteiger partial charge in [-0.15, -0.1) is 6.58 Å². The second-order valence-electron chi connectivity index (χ2n) is 9.12. The molecule has 1 saturated carbocycles. The number of ether oxygens (including phenoxy) is 2. The number of esters is 1. The van der Waals surface area contributed by atoms with E-state index in [0.29, 0.717) is 22.9 Å². The minimum absolute atomic E-state index is 0.156. The number of unbranched alkanes of at least 4 members (excludes halogenated alkanes) is 1. The maximum Gasteiger partial charge on any atom is 0.338 e. The first-order valence-corrected chi connectivity index (χ1v) is 12.0. The fourth-order valence-corrected chi connectivity index (χ4v) is 4.66. The molecule has 1 aliphatic rings. The Morgan fingerprint density at radius 3 is 2.71 bits per heavy atom. The summed E-state index contributed by atoms with van der Waals surface area (Å²) in [5, 5.41) is 1.04. The van der Waals surface area contributed by atoms with E-state index in [1.165, 1.54) is 7.11 Å². The van der Waals surface area contributed by atoms with Crippen LogP contribution in [0, 0.1) is 0 Å². The highest BCUT2D eigenvalue weighted by Gasteiger charge is 2.32. The smallest absolute Gasteiger partial charge is 0.338 e. The van der Waals surface area contributed by atoms with Gasteiger partial charge < -0.3 is 24.3 Å². The van der Waals surface area contributed by atoms with Crippen molar-refractivity contribution in [1.29, 1.82) is 0 Å². The normalized spacial score (nSPS) is 14.4. The average Bonchev–Trinajstić information content (AvgIpc) is 3.54. The van der Waals surface area contributed by atoms with E-state index in [-0.39, 0.29) is 6.04 Å². The Morgan fingerprint density at radius 2 is 2.06 bits per heavy atom. The number of pyridine rings is 1. The number of hydrogen-bond donors (Lipinski definition) is 1. The van der Waals surface area contributed by atoms with Crippen molar-refractivity contribution in [2.24, 2.45) is 5.73 Å². The van der Waals surface area contributed by atoms with E-state index < -0.39 is 5.97 Å². The van der Waals surface area contributed by atoms with Gasteiger partial charge >= 0.3 is 5.97 Å². The molecule has 0 spiro atoms. The molecule has 1 fully saturated rings. The van der Waals surface area contributed by atoms with Crippen LogP contribution >= 0.6 is 0 Å². The molecule has 1 aliphatic carbocycles. The van der Waals surface area contributed by atoms with E-state index in [1.54, 1.807) is 19.2 Å². The minimum atomic E-state index is -0.418. The highest BCUT2D eigenvalue weighted by molar-refractivity contribution is 5.97. The number of rotatable bonds is 9. The quantitative estimate of drug-likeness (QED) is 0.205. The number of fused-ring (bicyclic) bond motifs is 2. The molecule has 2 N–H and O–H groups in total. The molecule has 3 aromatic heterocycles. The molecule has 0 amide bonds. The van der Waals surface area contributed by atoms with Gasteiger partial charge in [0.1, 0.15) is 16.9 Å². The van der Waals surface area contributed by atoms with Gasteiger partial charge in [0, 0.05) is 24.0 Å². The van der Waals surface area contributed by atoms with Crippen LogP contribution in [0.3, 0.4) is 0 Å². The van der Waals surface area contributed by atoms with Crippen molar-refractivity contribution in [3.8, 4) is 17.3 Å². The molecule has 0 aliphatic heterocycles. The number of benzene rings is 1. The molecule has 8 heteroatoms. The number of carbonyl (C=O) groups is 1. The van der Waals surface area contributed by atoms with Gasteiger partial charge in [-0.05, 0) is 62.9 Å². The lowest BCUT2D eigenvalue weighted by Crippen LogP contribution is -2.09. The van der Waals surface area contributed by atoms with E-state index in [2.05, 4.69) is 27.8 Å². The van der Waals surface area contributed by atoms with Gasteiger partial charge in [-0.2, -0.15) is 0 Å². The number of nitrogens with zero attached hydrogens (tertiary/aromatic N) is 4. The predicted octanol–water partition coefficient (Wildman–Crippen LogP) is 5.17. The molecule has 3 heterocycles. The van der Waals surface area contributed by atoms with Crippen molar-refractivity contribution < 1.29 is 14.3 Å². The SMILES string of the molecule is C=CCCCn1c(-c2nc3cc(C(=O)OC)cc(OC)c3n2C2CC2)cc2ccc([C@@H](C)N)nc21. The molecular weight excluding hydrogens is 442 g/mol. The molecule has 0 radical (unpaired) electrons. The maximum absolute atomic E-state index is 12.3. The average molecular weight is 474 g/mol. The molecule has 5 rings (SSSR count). The summed E-state index contributed by atoms with van der Waals surface area (Å²) in [7, 11) is 2.99. The van der Waals surface area contributed by atoms with Crippen LogP contribution in [-0.2, 0) is 11.3 Å². The van der Waals surface area contributed by atoms with E-state index in [0.717, 1.165) is 66.0 Å². The fourth-order valence-electron chi connectivity index (χ4n) is 4.66. The third-order valence-corrected chi connectivity index (χ3v) is 6.55. The number of allylic oxidation sites excluding steroid dienone is 1. The van der Waals surface area contributed by atoms with Crippen LogP contribution in [-0.4, -0.2) is 39.3 Å². The Morgan fingerprint density at radius 1 is 1.26 bits per heavy atom. The highest BCUT2D eigenvalue weighted by Crippen LogP contribution is 2.44. The standard InChI is InChI=1S/C27H31N5O3/c1-5-6-7-12-31-22(14-17-8-11-20(16(2)28)29-25(17)31)26-30-21-13-18(27(33)35-4)15-23(34-3)24(21)32(26)19-9-10-19/h5,8,11,13-16,19H,1,6-7,9-10,12,28H2,2-4H3/t16-/m1/s1. The minimum Gasteiger partial charge on any atom is -0.494 e. The van der Waals surface area contributed by atoms with E-state index in [9.17, 15) is 4.79 Å². The molecule has 4 aromatic rings. The van der Waals surface area contributed by atoms with Crippen LogP contribution in [0.15, 0.2) is 43.0 Å². The van der Waals surface area contributed by atoms with E-state index in [1.807, 2.05) is 19.1 Å². The van der Waals surface area contributed by atoms with Crippen LogP contribution in [0.1, 0.15) is 60.7 Å². The van der Waals surface area contributed by atoms with Crippen LogP contribution in [0.2, 0.25) is 0 Å². The molecule has 0 saturated heterocycles. The largest absolute Gasteiger partial charge is 0.494 e. The number of carbonyl (C=O) groups excluding carboxylic acids is 1. The van der Waals surface area contributed by atoms with Crippen LogP contribution < -0.4 is 10.5 Å². The molecule has 0 bridgehead atoms.